The zero-order valence-electron chi connectivity index (χ0n) is 10.0. The number of hydrogen-bond acceptors (Lipinski definition) is 3. The molecule has 0 bridgehead atoms. The third kappa shape index (κ3) is 2.49. The minimum absolute atomic E-state index is 0.196. The van der Waals surface area contributed by atoms with Gasteiger partial charge in [-0.3, -0.25) is 4.79 Å². The fourth-order valence-corrected chi connectivity index (χ4v) is 2.58. The average molecular weight is 285 g/mol. The van der Waals surface area contributed by atoms with E-state index in [0.717, 1.165) is 0 Å². The van der Waals surface area contributed by atoms with Crippen LogP contribution in [-0.4, -0.2) is 45.2 Å². The van der Waals surface area contributed by atoms with Crippen LogP contribution in [0.2, 0.25) is 5.15 Å². The predicted octanol–water partition coefficient (Wildman–Crippen LogP) is 1.83. The van der Waals surface area contributed by atoms with Crippen molar-refractivity contribution in [1.29, 1.82) is 0 Å². The molecule has 0 aliphatic carbocycles. The summed E-state index contributed by atoms with van der Waals surface area (Å²) in [5.74, 6) is -0.959. The Morgan fingerprint density at radius 3 is 2.42 bits per heavy atom. The molecule has 0 saturated carbocycles. The molecule has 1 aromatic rings. The van der Waals surface area contributed by atoms with Gasteiger partial charge in [0.25, 0.3) is 0 Å². The summed E-state index contributed by atoms with van der Waals surface area (Å²) in [6.45, 7) is 0.392. The number of carbonyl (C=O) groups is 2. The predicted molar refractivity (Wildman–Crippen MR) is 67.4 cm³/mol. The minimum atomic E-state index is -1.08. The Morgan fingerprint density at radius 1 is 1.32 bits per heavy atom. The first-order chi connectivity index (χ1) is 8.95. The largest absolute Gasteiger partial charge is 0.481 e. The maximum atomic E-state index is 11.6. The maximum Gasteiger partial charge on any atom is 0.407 e. The van der Waals surface area contributed by atoms with E-state index in [2.05, 4.69) is 4.98 Å². The van der Waals surface area contributed by atoms with Crippen LogP contribution in [0.25, 0.3) is 0 Å². The van der Waals surface area contributed by atoms with Gasteiger partial charge in [0, 0.05) is 19.3 Å². The third-order valence-corrected chi connectivity index (χ3v) is 3.78. The number of hydrogen-bond donors (Lipinski definition) is 2. The van der Waals surface area contributed by atoms with Gasteiger partial charge in [-0.25, -0.2) is 9.78 Å². The van der Waals surface area contributed by atoms with Crippen molar-refractivity contribution in [3.8, 4) is 0 Å². The lowest BCUT2D eigenvalue weighted by Gasteiger charge is -2.38. The van der Waals surface area contributed by atoms with Crippen LogP contribution in [0.1, 0.15) is 18.4 Å². The van der Waals surface area contributed by atoms with Crippen molar-refractivity contribution in [2.75, 3.05) is 13.1 Å². The van der Waals surface area contributed by atoms with E-state index in [1.165, 1.54) is 17.2 Å². The highest BCUT2D eigenvalue weighted by Crippen LogP contribution is 2.36. The Kier molecular flexibility index (Phi) is 3.61. The Balaban J connectivity index is 2.31. The molecule has 102 valence electrons. The van der Waals surface area contributed by atoms with Gasteiger partial charge in [-0.2, -0.15) is 0 Å². The average Bonchev–Trinajstić information content (AvgIpc) is 2.38. The van der Waals surface area contributed by atoms with Crippen molar-refractivity contribution < 1.29 is 19.8 Å². The first-order valence-electron chi connectivity index (χ1n) is 5.79. The molecule has 0 unspecified atom stereocenters. The lowest BCUT2D eigenvalue weighted by molar-refractivity contribution is -0.145. The number of piperidine rings is 1. The van der Waals surface area contributed by atoms with E-state index in [1.807, 2.05) is 0 Å². The van der Waals surface area contributed by atoms with E-state index in [1.54, 1.807) is 6.07 Å². The second-order valence-corrected chi connectivity index (χ2v) is 4.91. The monoisotopic (exact) mass is 284 g/mol. The van der Waals surface area contributed by atoms with Crippen molar-refractivity contribution in [3.63, 3.8) is 0 Å². The molecule has 1 fully saturated rings. The molecule has 1 saturated heterocycles. The Bertz CT molecular complexity index is 512. The van der Waals surface area contributed by atoms with Crippen LogP contribution in [0.3, 0.4) is 0 Å². The van der Waals surface area contributed by atoms with Gasteiger partial charge in [0.1, 0.15) is 5.15 Å². The number of rotatable bonds is 2. The summed E-state index contributed by atoms with van der Waals surface area (Å²) < 4.78 is 0. The van der Waals surface area contributed by atoms with E-state index >= 15 is 0 Å². The SMILES string of the molecule is O=C(O)N1CCC(C(=O)O)(c2ccnc(Cl)c2)CC1. The van der Waals surface area contributed by atoms with Crippen LogP contribution in [-0.2, 0) is 10.2 Å². The number of aliphatic carboxylic acids is 1. The molecular weight excluding hydrogens is 272 g/mol. The van der Waals surface area contributed by atoms with E-state index < -0.39 is 17.5 Å². The summed E-state index contributed by atoms with van der Waals surface area (Å²) in [7, 11) is 0. The summed E-state index contributed by atoms with van der Waals surface area (Å²) in [4.78, 5) is 27.6. The normalized spacial score (nSPS) is 18.1. The van der Waals surface area contributed by atoms with Gasteiger partial charge in [0.2, 0.25) is 0 Å². The van der Waals surface area contributed by atoms with Crippen molar-refractivity contribution in [3.05, 3.63) is 29.0 Å². The number of aromatic nitrogens is 1. The quantitative estimate of drug-likeness (QED) is 0.809. The van der Waals surface area contributed by atoms with Crippen molar-refractivity contribution >= 4 is 23.7 Å². The summed E-state index contributed by atoms with van der Waals surface area (Å²) >= 11 is 5.80. The number of carboxylic acid groups (broad SMARTS) is 2. The molecule has 0 atom stereocenters. The smallest absolute Gasteiger partial charge is 0.407 e. The van der Waals surface area contributed by atoms with Gasteiger partial charge in [-0.05, 0) is 30.5 Å². The van der Waals surface area contributed by atoms with Crippen LogP contribution in [0, 0.1) is 0 Å². The molecule has 7 heteroatoms. The first kappa shape index (κ1) is 13.6. The third-order valence-electron chi connectivity index (χ3n) is 3.58. The van der Waals surface area contributed by atoms with E-state index in [0.29, 0.717) is 5.56 Å². The number of amides is 1. The highest BCUT2D eigenvalue weighted by atomic mass is 35.5. The van der Waals surface area contributed by atoms with Crippen LogP contribution in [0.15, 0.2) is 18.3 Å². The molecule has 1 aliphatic heterocycles. The van der Waals surface area contributed by atoms with Crippen LogP contribution < -0.4 is 0 Å². The standard InChI is InChI=1S/C12H13ClN2O4/c13-9-7-8(1-4-14-9)12(10(16)17)2-5-15(6-3-12)11(18)19/h1,4,7H,2-3,5-6H2,(H,16,17)(H,18,19). The molecule has 2 heterocycles. The molecule has 0 radical (unpaired) electrons. The van der Waals surface area contributed by atoms with Crippen LogP contribution >= 0.6 is 11.6 Å². The second kappa shape index (κ2) is 5.05. The molecule has 0 spiro atoms. The fourth-order valence-electron chi connectivity index (χ4n) is 2.41. The van der Waals surface area contributed by atoms with E-state index in [9.17, 15) is 14.7 Å². The summed E-state index contributed by atoms with van der Waals surface area (Å²) in [5, 5.41) is 18.7. The highest BCUT2D eigenvalue weighted by Gasteiger charge is 2.44. The maximum absolute atomic E-state index is 11.6. The number of carboxylic acids is 1. The topological polar surface area (TPSA) is 90.7 Å². The lowest BCUT2D eigenvalue weighted by Crippen LogP contribution is -2.48. The summed E-state index contributed by atoms with van der Waals surface area (Å²) in [6.07, 6.45) is 0.905. The molecular formula is C12H13ClN2O4. The van der Waals surface area contributed by atoms with E-state index in [4.69, 9.17) is 16.7 Å². The summed E-state index contributed by atoms with van der Waals surface area (Å²) in [5.41, 5.74) is -0.511. The van der Waals surface area contributed by atoms with Gasteiger partial charge in [0.05, 0.1) is 5.41 Å². The molecule has 1 aromatic heterocycles. The Hall–Kier alpha value is -1.82. The minimum Gasteiger partial charge on any atom is -0.481 e. The highest BCUT2D eigenvalue weighted by molar-refractivity contribution is 6.29. The molecule has 1 amide bonds. The number of nitrogens with zero attached hydrogens (tertiary/aromatic N) is 2. The van der Waals surface area contributed by atoms with Gasteiger partial charge >= 0.3 is 12.1 Å². The second-order valence-electron chi connectivity index (χ2n) is 4.52. The van der Waals surface area contributed by atoms with Crippen LogP contribution in [0.4, 0.5) is 4.79 Å². The molecule has 6 nitrogen and oxygen atoms in total. The van der Waals surface area contributed by atoms with Gasteiger partial charge < -0.3 is 15.1 Å². The zero-order valence-corrected chi connectivity index (χ0v) is 10.8. The van der Waals surface area contributed by atoms with Gasteiger partial charge in [0.15, 0.2) is 0 Å². The molecule has 1 aliphatic rings. The fraction of sp³-hybridized carbons (Fsp3) is 0.417. The number of likely N-dealkylation sites (tertiary alicyclic amines) is 1. The van der Waals surface area contributed by atoms with Crippen LogP contribution in [0.5, 0.6) is 0 Å². The van der Waals surface area contributed by atoms with Gasteiger partial charge in [-0.15, -0.1) is 0 Å². The van der Waals surface area contributed by atoms with Gasteiger partial charge in [-0.1, -0.05) is 11.6 Å². The van der Waals surface area contributed by atoms with Crippen molar-refractivity contribution in [2.45, 2.75) is 18.3 Å². The van der Waals surface area contributed by atoms with Crippen molar-refractivity contribution in [1.82, 2.24) is 9.88 Å². The molecule has 2 N–H and O–H groups in total. The van der Waals surface area contributed by atoms with E-state index in [-0.39, 0.29) is 31.1 Å². The van der Waals surface area contributed by atoms with Crippen molar-refractivity contribution in [2.24, 2.45) is 0 Å². The molecule has 0 aromatic carbocycles. The first-order valence-corrected chi connectivity index (χ1v) is 6.17. The number of pyridine rings is 1. The molecule has 19 heavy (non-hydrogen) atoms. The molecule has 2 rings (SSSR count). The Morgan fingerprint density at radius 2 is 1.95 bits per heavy atom. The Labute approximate surface area is 114 Å². The zero-order chi connectivity index (χ0) is 14.0. The number of halogens is 1. The summed E-state index contributed by atoms with van der Waals surface area (Å²) in [6, 6.07) is 3.16. The lowest BCUT2D eigenvalue weighted by atomic mass is 9.73.